The molecule has 0 saturated carbocycles. The zero-order valence-corrected chi connectivity index (χ0v) is 12.4. The zero-order chi connectivity index (χ0) is 13.9. The third-order valence-electron chi connectivity index (χ3n) is 4.30. The summed E-state index contributed by atoms with van der Waals surface area (Å²) in [4.78, 5) is 7.39. The van der Waals surface area contributed by atoms with Gasteiger partial charge in [-0.15, -0.1) is 0 Å². The number of aromatic nitrogens is 1. The summed E-state index contributed by atoms with van der Waals surface area (Å²) >= 11 is 0. The predicted octanol–water partition coefficient (Wildman–Crippen LogP) is 3.33. The Balaban J connectivity index is 2.07. The van der Waals surface area contributed by atoms with Crippen molar-refractivity contribution in [1.82, 2.24) is 10.3 Å². The minimum absolute atomic E-state index is 0.658. The highest BCUT2D eigenvalue weighted by Gasteiger charge is 2.24. The lowest BCUT2D eigenvalue weighted by Gasteiger charge is -2.25. The number of fused-ring (bicyclic) bond motifs is 1. The van der Waals surface area contributed by atoms with E-state index in [0.717, 1.165) is 24.4 Å². The van der Waals surface area contributed by atoms with Crippen LogP contribution in [0.4, 0.5) is 5.82 Å². The standard InChI is InChI=1S/C17H23N3/c1-3-14-7-6-10-20(14)17-11-13(12-18-2)15-8-4-5-9-16(15)19-17/h4-5,8-9,11,14,18H,3,6-7,10,12H2,1-2H3. The third kappa shape index (κ3) is 2.38. The normalized spacial score (nSPS) is 18.9. The maximum Gasteiger partial charge on any atom is 0.129 e. The first kappa shape index (κ1) is 13.4. The van der Waals surface area contributed by atoms with Crippen LogP contribution in [0.2, 0.25) is 0 Å². The Kier molecular flexibility index (Phi) is 3.88. The minimum atomic E-state index is 0.658. The molecule has 1 aliphatic heterocycles. The summed E-state index contributed by atoms with van der Waals surface area (Å²) in [6.45, 7) is 4.31. The fraction of sp³-hybridized carbons (Fsp3) is 0.471. The smallest absolute Gasteiger partial charge is 0.129 e. The van der Waals surface area contributed by atoms with Crippen molar-refractivity contribution in [3.05, 3.63) is 35.9 Å². The van der Waals surface area contributed by atoms with Gasteiger partial charge in [0.2, 0.25) is 0 Å². The Morgan fingerprint density at radius 2 is 2.20 bits per heavy atom. The van der Waals surface area contributed by atoms with E-state index >= 15 is 0 Å². The van der Waals surface area contributed by atoms with E-state index in [1.165, 1.54) is 30.2 Å². The van der Waals surface area contributed by atoms with E-state index in [2.05, 4.69) is 47.5 Å². The molecule has 2 heterocycles. The van der Waals surface area contributed by atoms with Gasteiger partial charge in [-0.25, -0.2) is 4.98 Å². The number of nitrogens with one attached hydrogen (secondary N) is 1. The van der Waals surface area contributed by atoms with Crippen LogP contribution in [0.5, 0.6) is 0 Å². The first-order valence-electron chi connectivity index (χ1n) is 7.63. The van der Waals surface area contributed by atoms with Crippen molar-refractivity contribution in [2.24, 2.45) is 0 Å². The number of nitrogens with zero attached hydrogens (tertiary/aromatic N) is 2. The number of hydrogen-bond acceptors (Lipinski definition) is 3. The van der Waals surface area contributed by atoms with Gasteiger partial charge < -0.3 is 10.2 Å². The van der Waals surface area contributed by atoms with Gasteiger partial charge in [-0.2, -0.15) is 0 Å². The van der Waals surface area contributed by atoms with E-state index in [0.29, 0.717) is 6.04 Å². The molecular formula is C17H23N3. The van der Waals surface area contributed by atoms with Crippen LogP contribution in [0.15, 0.2) is 30.3 Å². The number of hydrogen-bond donors (Lipinski definition) is 1. The molecule has 3 rings (SSSR count). The molecule has 1 atom stereocenters. The summed E-state index contributed by atoms with van der Waals surface area (Å²) in [6.07, 6.45) is 3.79. The van der Waals surface area contributed by atoms with Crippen molar-refractivity contribution >= 4 is 16.7 Å². The van der Waals surface area contributed by atoms with Crippen molar-refractivity contribution < 1.29 is 0 Å². The summed E-state index contributed by atoms with van der Waals surface area (Å²) < 4.78 is 0. The second-order valence-electron chi connectivity index (χ2n) is 5.58. The van der Waals surface area contributed by atoms with E-state index < -0.39 is 0 Å². The highest BCUT2D eigenvalue weighted by molar-refractivity contribution is 5.84. The quantitative estimate of drug-likeness (QED) is 0.922. The summed E-state index contributed by atoms with van der Waals surface area (Å²) in [7, 11) is 2.00. The number of pyridine rings is 1. The van der Waals surface area contributed by atoms with Gasteiger partial charge in [-0.3, -0.25) is 0 Å². The summed E-state index contributed by atoms with van der Waals surface area (Å²) in [5, 5.41) is 4.53. The van der Waals surface area contributed by atoms with Crippen molar-refractivity contribution in [1.29, 1.82) is 0 Å². The molecule has 0 aliphatic carbocycles. The first-order chi connectivity index (χ1) is 9.83. The number of benzene rings is 1. The van der Waals surface area contributed by atoms with Crippen molar-refractivity contribution in [2.45, 2.75) is 38.8 Å². The Hall–Kier alpha value is -1.61. The Morgan fingerprint density at radius 3 is 3.00 bits per heavy atom. The highest BCUT2D eigenvalue weighted by atomic mass is 15.2. The van der Waals surface area contributed by atoms with Crippen LogP contribution in [0.3, 0.4) is 0 Å². The topological polar surface area (TPSA) is 28.2 Å². The summed E-state index contributed by atoms with van der Waals surface area (Å²) in [5.74, 6) is 1.15. The average molecular weight is 269 g/mol. The molecule has 106 valence electrons. The number of anilines is 1. The van der Waals surface area contributed by atoms with Gasteiger partial charge >= 0.3 is 0 Å². The molecular weight excluding hydrogens is 246 g/mol. The third-order valence-corrected chi connectivity index (χ3v) is 4.30. The zero-order valence-electron chi connectivity index (χ0n) is 12.4. The molecule has 3 nitrogen and oxygen atoms in total. The predicted molar refractivity (Wildman–Crippen MR) is 85.2 cm³/mol. The van der Waals surface area contributed by atoms with Gasteiger partial charge in [-0.05, 0) is 44.0 Å². The van der Waals surface area contributed by atoms with Gasteiger partial charge in [0.1, 0.15) is 5.82 Å². The SMILES string of the molecule is CCC1CCCN1c1cc(CNC)c2ccccc2n1. The van der Waals surface area contributed by atoms with Gasteiger partial charge in [0.05, 0.1) is 5.52 Å². The number of rotatable bonds is 4. The molecule has 1 fully saturated rings. The van der Waals surface area contributed by atoms with E-state index in [9.17, 15) is 0 Å². The Morgan fingerprint density at radius 1 is 1.35 bits per heavy atom. The van der Waals surface area contributed by atoms with E-state index in [1.54, 1.807) is 0 Å². The molecule has 1 unspecified atom stereocenters. The van der Waals surface area contributed by atoms with Crippen molar-refractivity contribution in [3.8, 4) is 0 Å². The lowest BCUT2D eigenvalue weighted by Crippen LogP contribution is -2.29. The molecule has 0 amide bonds. The van der Waals surface area contributed by atoms with Crippen LogP contribution >= 0.6 is 0 Å². The van der Waals surface area contributed by atoms with Crippen molar-refractivity contribution in [2.75, 3.05) is 18.5 Å². The van der Waals surface area contributed by atoms with Crippen LogP contribution in [0.25, 0.3) is 10.9 Å². The summed E-state index contributed by atoms with van der Waals surface area (Å²) in [5.41, 5.74) is 2.45. The minimum Gasteiger partial charge on any atom is -0.354 e. The molecule has 1 aromatic carbocycles. The lowest BCUT2D eigenvalue weighted by atomic mass is 10.1. The highest BCUT2D eigenvalue weighted by Crippen LogP contribution is 2.29. The van der Waals surface area contributed by atoms with Crippen LogP contribution in [-0.2, 0) is 6.54 Å². The average Bonchev–Trinajstić information content (AvgIpc) is 2.96. The van der Waals surface area contributed by atoms with Gasteiger partial charge in [0.15, 0.2) is 0 Å². The largest absolute Gasteiger partial charge is 0.354 e. The van der Waals surface area contributed by atoms with Crippen LogP contribution < -0.4 is 10.2 Å². The second kappa shape index (κ2) is 5.80. The second-order valence-corrected chi connectivity index (χ2v) is 5.58. The fourth-order valence-electron chi connectivity index (χ4n) is 3.28. The lowest BCUT2D eigenvalue weighted by molar-refractivity contribution is 0.641. The monoisotopic (exact) mass is 269 g/mol. The maximum absolute atomic E-state index is 4.90. The van der Waals surface area contributed by atoms with E-state index in [1.807, 2.05) is 7.05 Å². The van der Waals surface area contributed by atoms with Crippen LogP contribution in [0.1, 0.15) is 31.7 Å². The first-order valence-corrected chi connectivity index (χ1v) is 7.63. The molecule has 2 aromatic rings. The van der Waals surface area contributed by atoms with Gasteiger partial charge in [-0.1, -0.05) is 25.1 Å². The Labute approximate surface area is 121 Å². The molecule has 0 radical (unpaired) electrons. The maximum atomic E-state index is 4.90. The molecule has 0 spiro atoms. The van der Waals surface area contributed by atoms with Crippen molar-refractivity contribution in [3.63, 3.8) is 0 Å². The molecule has 3 heteroatoms. The molecule has 20 heavy (non-hydrogen) atoms. The fourth-order valence-corrected chi connectivity index (χ4v) is 3.28. The van der Waals surface area contributed by atoms with E-state index in [4.69, 9.17) is 4.98 Å². The molecule has 1 N–H and O–H groups in total. The molecule has 1 aliphatic rings. The van der Waals surface area contributed by atoms with Gasteiger partial charge in [0.25, 0.3) is 0 Å². The van der Waals surface area contributed by atoms with Gasteiger partial charge in [0, 0.05) is 24.5 Å². The number of para-hydroxylation sites is 1. The van der Waals surface area contributed by atoms with E-state index in [-0.39, 0.29) is 0 Å². The summed E-state index contributed by atoms with van der Waals surface area (Å²) in [6, 6.07) is 11.4. The van der Waals surface area contributed by atoms with Crippen LogP contribution in [-0.4, -0.2) is 24.6 Å². The van der Waals surface area contributed by atoms with Crippen LogP contribution in [0, 0.1) is 0 Å². The molecule has 1 aromatic heterocycles. The molecule has 0 bridgehead atoms. The Bertz CT molecular complexity index is 594. The molecule has 1 saturated heterocycles.